The van der Waals surface area contributed by atoms with Crippen molar-refractivity contribution in [2.24, 2.45) is 5.41 Å². The van der Waals surface area contributed by atoms with Crippen LogP contribution in [0, 0.1) is 5.41 Å². The van der Waals surface area contributed by atoms with Crippen LogP contribution in [0.25, 0.3) is 0 Å². The van der Waals surface area contributed by atoms with E-state index in [4.69, 9.17) is 0 Å². The molecule has 0 spiro atoms. The highest BCUT2D eigenvalue weighted by Gasteiger charge is 2.32. The second-order valence-corrected chi connectivity index (χ2v) is 5.14. The van der Waals surface area contributed by atoms with Crippen LogP contribution < -0.4 is 0 Å². The average Bonchev–Trinajstić information content (AvgIpc) is 2.16. The van der Waals surface area contributed by atoms with E-state index in [2.05, 4.69) is 25.8 Å². The molecule has 17 heavy (non-hydrogen) atoms. The van der Waals surface area contributed by atoms with Crippen LogP contribution in [-0.4, -0.2) is 4.98 Å². The molecular weight excluding hydrogens is 227 g/mol. The lowest BCUT2D eigenvalue weighted by atomic mass is 9.82. The fraction of sp³-hybridized carbons (Fsp3) is 0.615. The molecule has 0 aliphatic carbocycles. The van der Waals surface area contributed by atoms with Gasteiger partial charge in [-0.15, -0.1) is 0 Å². The van der Waals surface area contributed by atoms with Crippen molar-refractivity contribution in [2.75, 3.05) is 0 Å². The molecule has 1 nitrogen and oxygen atoms in total. The summed E-state index contributed by atoms with van der Waals surface area (Å²) in [5, 5.41) is 0. The molecule has 0 bridgehead atoms. The van der Waals surface area contributed by atoms with Gasteiger partial charge in [-0.25, -0.2) is 0 Å². The van der Waals surface area contributed by atoms with E-state index in [0.717, 1.165) is 30.9 Å². The summed E-state index contributed by atoms with van der Waals surface area (Å²) in [6.07, 6.45) is -0.140. The van der Waals surface area contributed by atoms with E-state index in [9.17, 15) is 13.2 Å². The summed E-state index contributed by atoms with van der Waals surface area (Å²) in [6.45, 7) is 6.34. The van der Waals surface area contributed by atoms with Gasteiger partial charge in [0, 0.05) is 6.20 Å². The first-order chi connectivity index (χ1) is 7.74. The second-order valence-electron chi connectivity index (χ2n) is 5.14. The number of pyridine rings is 1. The van der Waals surface area contributed by atoms with Crippen molar-refractivity contribution in [3.8, 4) is 0 Å². The Labute approximate surface area is 100 Å². The van der Waals surface area contributed by atoms with Gasteiger partial charge in [0.15, 0.2) is 0 Å². The summed E-state index contributed by atoms with van der Waals surface area (Å²) < 4.78 is 36.9. The lowest BCUT2D eigenvalue weighted by Crippen LogP contribution is -2.15. The van der Waals surface area contributed by atoms with E-state index in [0.29, 0.717) is 0 Å². The second kappa shape index (κ2) is 5.07. The van der Waals surface area contributed by atoms with Gasteiger partial charge in [0.2, 0.25) is 0 Å². The third-order valence-electron chi connectivity index (χ3n) is 2.72. The van der Waals surface area contributed by atoms with Crippen LogP contribution in [-0.2, 0) is 12.6 Å². The van der Waals surface area contributed by atoms with Crippen LogP contribution in [0.2, 0.25) is 0 Å². The summed E-state index contributed by atoms with van der Waals surface area (Å²) in [6, 6.07) is 2.57. The standard InChI is InChI=1S/C13H18F3N/c1-4-7-12(2,3)8-10-5-6-11(17-9-10)13(14,15)16/h5-6,9H,4,7-8H2,1-3H3. The van der Waals surface area contributed by atoms with Crippen molar-refractivity contribution >= 4 is 0 Å². The highest BCUT2D eigenvalue weighted by molar-refractivity contribution is 5.17. The highest BCUT2D eigenvalue weighted by Crippen LogP contribution is 2.30. The third-order valence-corrected chi connectivity index (χ3v) is 2.72. The Morgan fingerprint density at radius 3 is 2.24 bits per heavy atom. The quantitative estimate of drug-likeness (QED) is 0.762. The first-order valence-electron chi connectivity index (χ1n) is 5.77. The molecule has 0 aromatic carbocycles. The van der Waals surface area contributed by atoms with Crippen LogP contribution in [0.4, 0.5) is 13.2 Å². The van der Waals surface area contributed by atoms with Crippen molar-refractivity contribution in [3.63, 3.8) is 0 Å². The van der Waals surface area contributed by atoms with Crippen molar-refractivity contribution in [3.05, 3.63) is 29.6 Å². The van der Waals surface area contributed by atoms with Crippen LogP contribution in [0.1, 0.15) is 44.9 Å². The molecule has 0 N–H and O–H groups in total. The first-order valence-corrected chi connectivity index (χ1v) is 5.77. The number of aromatic nitrogens is 1. The fourth-order valence-corrected chi connectivity index (χ4v) is 2.01. The fourth-order valence-electron chi connectivity index (χ4n) is 2.01. The summed E-state index contributed by atoms with van der Waals surface area (Å²) in [7, 11) is 0. The largest absolute Gasteiger partial charge is 0.433 e. The topological polar surface area (TPSA) is 12.9 Å². The molecule has 1 heterocycles. The van der Waals surface area contributed by atoms with Gasteiger partial charge in [-0.05, 0) is 29.9 Å². The number of hydrogen-bond donors (Lipinski definition) is 0. The molecule has 1 aromatic rings. The Morgan fingerprint density at radius 2 is 1.82 bits per heavy atom. The SMILES string of the molecule is CCCC(C)(C)Cc1ccc(C(F)(F)F)nc1. The summed E-state index contributed by atoms with van der Waals surface area (Å²) >= 11 is 0. The molecule has 1 rings (SSSR count). The van der Waals surface area contributed by atoms with E-state index in [1.807, 2.05) is 0 Å². The molecule has 0 radical (unpaired) electrons. The smallest absolute Gasteiger partial charge is 0.252 e. The molecule has 96 valence electrons. The zero-order valence-corrected chi connectivity index (χ0v) is 10.4. The maximum atomic E-state index is 12.3. The van der Waals surface area contributed by atoms with E-state index in [-0.39, 0.29) is 5.41 Å². The summed E-state index contributed by atoms with van der Waals surface area (Å²) in [4.78, 5) is 3.47. The molecule has 0 amide bonds. The number of hydrogen-bond acceptors (Lipinski definition) is 1. The summed E-state index contributed by atoms with van der Waals surface area (Å²) in [5.74, 6) is 0. The minimum absolute atomic E-state index is 0.107. The zero-order chi connectivity index (χ0) is 13.1. The highest BCUT2D eigenvalue weighted by atomic mass is 19.4. The van der Waals surface area contributed by atoms with E-state index < -0.39 is 11.9 Å². The molecule has 0 unspecified atom stereocenters. The molecule has 0 saturated carbocycles. The Balaban J connectivity index is 2.75. The van der Waals surface area contributed by atoms with Crippen molar-refractivity contribution in [1.82, 2.24) is 4.98 Å². The number of rotatable bonds is 4. The van der Waals surface area contributed by atoms with Gasteiger partial charge < -0.3 is 0 Å². The van der Waals surface area contributed by atoms with Crippen molar-refractivity contribution in [1.29, 1.82) is 0 Å². The van der Waals surface area contributed by atoms with Gasteiger partial charge >= 0.3 is 6.18 Å². The van der Waals surface area contributed by atoms with Gasteiger partial charge in [-0.3, -0.25) is 4.98 Å². The third kappa shape index (κ3) is 4.36. The monoisotopic (exact) mass is 245 g/mol. The van der Waals surface area contributed by atoms with Crippen LogP contribution in [0.3, 0.4) is 0 Å². The van der Waals surface area contributed by atoms with Gasteiger partial charge in [-0.1, -0.05) is 33.3 Å². The van der Waals surface area contributed by atoms with E-state index in [1.165, 1.54) is 12.3 Å². The Bertz CT molecular complexity index is 352. The molecule has 4 heteroatoms. The maximum Gasteiger partial charge on any atom is 0.433 e. The lowest BCUT2D eigenvalue weighted by Gasteiger charge is -2.23. The number of alkyl halides is 3. The lowest BCUT2D eigenvalue weighted by molar-refractivity contribution is -0.141. The Morgan fingerprint density at radius 1 is 1.18 bits per heavy atom. The van der Waals surface area contributed by atoms with E-state index in [1.54, 1.807) is 0 Å². The average molecular weight is 245 g/mol. The van der Waals surface area contributed by atoms with Gasteiger partial charge in [0.25, 0.3) is 0 Å². The van der Waals surface area contributed by atoms with Crippen molar-refractivity contribution < 1.29 is 13.2 Å². The normalized spacial score (nSPS) is 12.8. The molecule has 0 fully saturated rings. The Hall–Kier alpha value is -1.06. The van der Waals surface area contributed by atoms with Crippen LogP contribution in [0.15, 0.2) is 18.3 Å². The van der Waals surface area contributed by atoms with Gasteiger partial charge in [-0.2, -0.15) is 13.2 Å². The number of halogens is 3. The summed E-state index contributed by atoms with van der Waals surface area (Å²) in [5.41, 5.74) is 0.141. The first kappa shape index (κ1) is 14.0. The molecule has 0 aliphatic rings. The van der Waals surface area contributed by atoms with E-state index >= 15 is 0 Å². The van der Waals surface area contributed by atoms with Gasteiger partial charge in [0.05, 0.1) is 0 Å². The minimum Gasteiger partial charge on any atom is -0.252 e. The van der Waals surface area contributed by atoms with Gasteiger partial charge in [0.1, 0.15) is 5.69 Å². The molecule has 0 atom stereocenters. The molecule has 0 aliphatic heterocycles. The van der Waals surface area contributed by atoms with Crippen LogP contribution >= 0.6 is 0 Å². The predicted octanol–water partition coefficient (Wildman–Crippen LogP) is 4.47. The molecule has 0 saturated heterocycles. The maximum absolute atomic E-state index is 12.3. The predicted molar refractivity (Wildman–Crippen MR) is 61.6 cm³/mol. The molecular formula is C13H18F3N. The molecule has 1 aromatic heterocycles. The van der Waals surface area contributed by atoms with Crippen molar-refractivity contribution in [2.45, 2.75) is 46.2 Å². The number of nitrogens with zero attached hydrogens (tertiary/aromatic N) is 1. The zero-order valence-electron chi connectivity index (χ0n) is 10.4. The Kier molecular flexibility index (Phi) is 4.17. The van der Waals surface area contributed by atoms with Crippen LogP contribution in [0.5, 0.6) is 0 Å². The minimum atomic E-state index is -4.35.